The largest absolute Gasteiger partial charge is 0.271 e. The van der Waals surface area contributed by atoms with Gasteiger partial charge in [0.1, 0.15) is 9.84 Å². The van der Waals surface area contributed by atoms with Crippen molar-refractivity contribution in [3.8, 4) is 0 Å². The van der Waals surface area contributed by atoms with Crippen LogP contribution in [0.5, 0.6) is 0 Å². The first-order chi connectivity index (χ1) is 7.42. The summed E-state index contributed by atoms with van der Waals surface area (Å²) >= 11 is 3.34. The van der Waals surface area contributed by atoms with E-state index in [0.717, 1.165) is 10.0 Å². The van der Waals surface area contributed by atoms with Crippen LogP contribution >= 0.6 is 15.9 Å². The Kier molecular flexibility index (Phi) is 4.91. The number of nitrogens with one attached hydrogen (secondary N) is 1. The van der Waals surface area contributed by atoms with Gasteiger partial charge in [0, 0.05) is 16.8 Å². The summed E-state index contributed by atoms with van der Waals surface area (Å²) in [7, 11) is -2.95. The highest BCUT2D eigenvalue weighted by Crippen LogP contribution is 2.19. The zero-order valence-electron chi connectivity index (χ0n) is 8.98. The van der Waals surface area contributed by atoms with Gasteiger partial charge in [0.25, 0.3) is 0 Å². The maximum Gasteiger partial charge on any atom is 0.147 e. The van der Waals surface area contributed by atoms with Gasteiger partial charge in [0.2, 0.25) is 0 Å². The number of hydrazine groups is 1. The van der Waals surface area contributed by atoms with Crippen LogP contribution in [0.2, 0.25) is 0 Å². The smallest absolute Gasteiger partial charge is 0.147 e. The van der Waals surface area contributed by atoms with Crippen molar-refractivity contribution >= 4 is 25.8 Å². The van der Waals surface area contributed by atoms with Crippen molar-refractivity contribution in [2.45, 2.75) is 12.5 Å². The van der Waals surface area contributed by atoms with Crippen LogP contribution in [0.15, 0.2) is 28.7 Å². The van der Waals surface area contributed by atoms with Crippen LogP contribution in [0.3, 0.4) is 0 Å². The zero-order valence-corrected chi connectivity index (χ0v) is 11.4. The Morgan fingerprint density at radius 2 is 1.94 bits per heavy atom. The summed E-state index contributed by atoms with van der Waals surface area (Å²) in [5.74, 6) is 5.54. The Morgan fingerprint density at radius 1 is 1.38 bits per heavy atom. The Bertz CT molecular complexity index is 431. The summed E-state index contributed by atoms with van der Waals surface area (Å²) in [6.45, 7) is 0. The highest BCUT2D eigenvalue weighted by Gasteiger charge is 2.12. The van der Waals surface area contributed by atoms with Crippen molar-refractivity contribution in [3.05, 3.63) is 34.3 Å². The lowest BCUT2D eigenvalue weighted by molar-refractivity contribution is 0.531. The second-order valence-electron chi connectivity index (χ2n) is 3.69. The molecule has 1 aromatic carbocycles. The number of nitrogens with two attached hydrogens (primary N) is 1. The van der Waals surface area contributed by atoms with Gasteiger partial charge in [-0.05, 0) is 24.1 Å². The lowest BCUT2D eigenvalue weighted by atomic mass is 10.1. The molecule has 0 amide bonds. The van der Waals surface area contributed by atoms with Gasteiger partial charge in [0.15, 0.2) is 0 Å². The van der Waals surface area contributed by atoms with Gasteiger partial charge in [0.05, 0.1) is 5.75 Å². The molecular weight excluding hydrogens is 292 g/mol. The summed E-state index contributed by atoms with van der Waals surface area (Å²) in [5.41, 5.74) is 3.61. The molecule has 1 atom stereocenters. The van der Waals surface area contributed by atoms with E-state index in [-0.39, 0.29) is 11.8 Å². The lowest BCUT2D eigenvalue weighted by Gasteiger charge is -2.15. The molecule has 0 heterocycles. The number of hydrogen-bond acceptors (Lipinski definition) is 4. The third kappa shape index (κ3) is 4.61. The van der Waals surface area contributed by atoms with Crippen molar-refractivity contribution in [1.29, 1.82) is 0 Å². The van der Waals surface area contributed by atoms with Crippen molar-refractivity contribution in [3.63, 3.8) is 0 Å². The molecule has 0 aromatic heterocycles. The van der Waals surface area contributed by atoms with E-state index < -0.39 is 9.84 Å². The molecule has 0 saturated heterocycles. The SMILES string of the molecule is CS(=O)(=O)CCC(NN)c1ccc(Br)cc1. The van der Waals surface area contributed by atoms with Crippen LogP contribution in [0.25, 0.3) is 0 Å². The molecule has 6 heteroatoms. The van der Waals surface area contributed by atoms with Crippen LogP contribution in [0.1, 0.15) is 18.0 Å². The first kappa shape index (κ1) is 13.6. The summed E-state index contributed by atoms with van der Waals surface area (Å²) < 4.78 is 23.1. The van der Waals surface area contributed by atoms with Crippen molar-refractivity contribution in [1.82, 2.24) is 5.43 Å². The van der Waals surface area contributed by atoms with Crippen molar-refractivity contribution in [2.24, 2.45) is 5.84 Å². The third-order valence-corrected chi connectivity index (χ3v) is 3.76. The fourth-order valence-corrected chi connectivity index (χ4v) is 2.30. The fourth-order valence-electron chi connectivity index (χ4n) is 1.37. The van der Waals surface area contributed by atoms with Gasteiger partial charge in [-0.25, -0.2) is 8.42 Å². The molecule has 0 bridgehead atoms. The maximum atomic E-state index is 11.1. The van der Waals surface area contributed by atoms with Crippen molar-refractivity contribution in [2.75, 3.05) is 12.0 Å². The van der Waals surface area contributed by atoms with Gasteiger partial charge >= 0.3 is 0 Å². The fraction of sp³-hybridized carbons (Fsp3) is 0.400. The van der Waals surface area contributed by atoms with Gasteiger partial charge in [-0.1, -0.05) is 28.1 Å². The van der Waals surface area contributed by atoms with Gasteiger partial charge < -0.3 is 0 Å². The molecular formula is C10H15BrN2O2S. The van der Waals surface area contributed by atoms with Crippen molar-refractivity contribution < 1.29 is 8.42 Å². The minimum Gasteiger partial charge on any atom is -0.271 e. The highest BCUT2D eigenvalue weighted by atomic mass is 79.9. The molecule has 90 valence electrons. The van der Waals surface area contributed by atoms with E-state index in [1.165, 1.54) is 6.26 Å². The molecule has 0 aliphatic carbocycles. The van der Waals surface area contributed by atoms with Crippen LogP contribution in [0.4, 0.5) is 0 Å². The van der Waals surface area contributed by atoms with E-state index in [2.05, 4.69) is 21.4 Å². The topological polar surface area (TPSA) is 72.2 Å². The molecule has 0 fully saturated rings. The number of halogens is 1. The second-order valence-corrected chi connectivity index (χ2v) is 6.86. The summed E-state index contributed by atoms with van der Waals surface area (Å²) in [5, 5.41) is 0. The highest BCUT2D eigenvalue weighted by molar-refractivity contribution is 9.10. The van der Waals surface area contributed by atoms with Gasteiger partial charge in [-0.3, -0.25) is 11.3 Å². The number of sulfone groups is 1. The predicted octanol–water partition coefficient (Wildman–Crippen LogP) is 1.39. The molecule has 4 nitrogen and oxygen atoms in total. The lowest BCUT2D eigenvalue weighted by Crippen LogP contribution is -2.29. The molecule has 1 aromatic rings. The molecule has 3 N–H and O–H groups in total. The van der Waals surface area contributed by atoms with E-state index in [4.69, 9.17) is 5.84 Å². The summed E-state index contributed by atoms with van der Waals surface area (Å²) in [6, 6.07) is 7.50. The zero-order chi connectivity index (χ0) is 12.2. The predicted molar refractivity (Wildman–Crippen MR) is 68.5 cm³/mol. The molecule has 0 spiro atoms. The first-order valence-corrected chi connectivity index (χ1v) is 7.67. The average molecular weight is 307 g/mol. The van der Waals surface area contributed by atoms with Gasteiger partial charge in [-0.2, -0.15) is 0 Å². The van der Waals surface area contributed by atoms with E-state index in [0.29, 0.717) is 6.42 Å². The Hall–Kier alpha value is -0.430. The minimum absolute atomic E-state index is 0.123. The Balaban J connectivity index is 2.71. The Morgan fingerprint density at radius 3 is 2.38 bits per heavy atom. The van der Waals surface area contributed by atoms with Crippen LogP contribution < -0.4 is 11.3 Å². The molecule has 1 rings (SSSR count). The van der Waals surface area contributed by atoms with E-state index in [9.17, 15) is 8.42 Å². The molecule has 0 aliphatic rings. The number of hydrogen-bond donors (Lipinski definition) is 2. The number of rotatable bonds is 5. The van der Waals surface area contributed by atoms with Crippen LogP contribution in [0, 0.1) is 0 Å². The molecule has 0 radical (unpaired) electrons. The van der Waals surface area contributed by atoms with E-state index in [1.54, 1.807) is 0 Å². The Labute approximate surface area is 104 Å². The van der Waals surface area contributed by atoms with E-state index >= 15 is 0 Å². The third-order valence-electron chi connectivity index (χ3n) is 2.25. The quantitative estimate of drug-likeness (QED) is 0.637. The first-order valence-electron chi connectivity index (χ1n) is 4.81. The van der Waals surface area contributed by atoms with E-state index in [1.807, 2.05) is 24.3 Å². The second kappa shape index (κ2) is 5.77. The number of benzene rings is 1. The molecule has 16 heavy (non-hydrogen) atoms. The van der Waals surface area contributed by atoms with Gasteiger partial charge in [-0.15, -0.1) is 0 Å². The minimum atomic E-state index is -2.95. The standard InChI is InChI=1S/C10H15BrN2O2S/c1-16(14,15)7-6-10(13-12)8-2-4-9(11)5-3-8/h2-5,10,13H,6-7,12H2,1H3. The maximum absolute atomic E-state index is 11.1. The summed E-state index contributed by atoms with van der Waals surface area (Å²) in [6.07, 6.45) is 1.69. The monoisotopic (exact) mass is 306 g/mol. The molecule has 0 saturated carbocycles. The van der Waals surface area contributed by atoms with Crippen LogP contribution in [-0.4, -0.2) is 20.4 Å². The molecule has 0 aliphatic heterocycles. The summed E-state index contributed by atoms with van der Waals surface area (Å²) in [4.78, 5) is 0. The van der Waals surface area contributed by atoms with Crippen LogP contribution in [-0.2, 0) is 9.84 Å². The normalized spacial score (nSPS) is 13.7. The average Bonchev–Trinajstić information content (AvgIpc) is 2.20. The molecule has 1 unspecified atom stereocenters.